The monoisotopic (exact) mass is 369 g/mol. The molecule has 0 aliphatic heterocycles. The van der Waals surface area contributed by atoms with Gasteiger partial charge in [0.2, 0.25) is 5.91 Å². The number of hydrogen-bond acceptors (Lipinski definition) is 5. The van der Waals surface area contributed by atoms with E-state index < -0.39 is 11.9 Å². The van der Waals surface area contributed by atoms with Crippen molar-refractivity contribution in [3.63, 3.8) is 0 Å². The molecular weight excluding hydrogens is 346 g/mol. The number of amides is 1. The van der Waals surface area contributed by atoms with Gasteiger partial charge in [-0.05, 0) is 36.8 Å². The van der Waals surface area contributed by atoms with Crippen LogP contribution in [-0.4, -0.2) is 31.1 Å². The van der Waals surface area contributed by atoms with E-state index in [1.807, 2.05) is 30.3 Å². The quantitative estimate of drug-likeness (QED) is 0.686. The lowest BCUT2D eigenvalue weighted by Gasteiger charge is -2.07. The molecule has 1 amide bonds. The number of nitrogens with one attached hydrogen (secondary N) is 1. The van der Waals surface area contributed by atoms with E-state index in [1.165, 1.54) is 0 Å². The molecule has 0 radical (unpaired) electrons. The van der Waals surface area contributed by atoms with Crippen molar-refractivity contribution < 1.29 is 23.9 Å². The SMILES string of the molecule is CCOC(=O)c1ccc(NC(=O)CCC(=O)OCCc2ccccc2)cc1. The van der Waals surface area contributed by atoms with Gasteiger partial charge >= 0.3 is 11.9 Å². The summed E-state index contributed by atoms with van der Waals surface area (Å²) in [6.07, 6.45) is 0.691. The highest BCUT2D eigenvalue weighted by atomic mass is 16.5. The highest BCUT2D eigenvalue weighted by Crippen LogP contribution is 2.11. The zero-order chi connectivity index (χ0) is 19.5. The van der Waals surface area contributed by atoms with Gasteiger partial charge in [0.1, 0.15) is 0 Å². The first kappa shape index (κ1) is 20.2. The van der Waals surface area contributed by atoms with Gasteiger partial charge in [-0.15, -0.1) is 0 Å². The van der Waals surface area contributed by atoms with Crippen molar-refractivity contribution in [1.29, 1.82) is 0 Å². The Hall–Kier alpha value is -3.15. The Balaban J connectivity index is 1.67. The van der Waals surface area contributed by atoms with Crippen LogP contribution in [0.5, 0.6) is 0 Å². The van der Waals surface area contributed by atoms with Crippen molar-refractivity contribution in [1.82, 2.24) is 0 Å². The van der Waals surface area contributed by atoms with Crippen molar-refractivity contribution in [2.24, 2.45) is 0 Å². The number of rotatable bonds is 9. The van der Waals surface area contributed by atoms with Gasteiger partial charge in [0.15, 0.2) is 0 Å². The fourth-order valence-corrected chi connectivity index (χ4v) is 2.34. The summed E-state index contributed by atoms with van der Waals surface area (Å²) in [6.45, 7) is 2.33. The third-order valence-corrected chi connectivity index (χ3v) is 3.73. The molecule has 0 unspecified atom stereocenters. The molecule has 142 valence electrons. The van der Waals surface area contributed by atoms with Crippen LogP contribution in [0, 0.1) is 0 Å². The molecule has 6 heteroatoms. The van der Waals surface area contributed by atoms with Crippen LogP contribution in [0.4, 0.5) is 5.69 Å². The molecule has 0 atom stereocenters. The first-order valence-corrected chi connectivity index (χ1v) is 8.85. The van der Waals surface area contributed by atoms with Crippen molar-refractivity contribution in [2.75, 3.05) is 18.5 Å². The fourth-order valence-electron chi connectivity index (χ4n) is 2.34. The standard InChI is InChI=1S/C21H23NO5/c1-2-26-21(25)17-8-10-18(11-9-17)22-19(23)12-13-20(24)27-15-14-16-6-4-3-5-7-16/h3-11H,2,12-15H2,1H3,(H,22,23). The van der Waals surface area contributed by atoms with E-state index >= 15 is 0 Å². The van der Waals surface area contributed by atoms with Crippen molar-refractivity contribution in [3.8, 4) is 0 Å². The lowest BCUT2D eigenvalue weighted by Crippen LogP contribution is -2.15. The maximum atomic E-state index is 11.9. The summed E-state index contributed by atoms with van der Waals surface area (Å²) in [5.74, 6) is -1.11. The van der Waals surface area contributed by atoms with E-state index in [0.29, 0.717) is 30.9 Å². The number of benzene rings is 2. The average molecular weight is 369 g/mol. The maximum absolute atomic E-state index is 11.9. The molecule has 0 saturated heterocycles. The summed E-state index contributed by atoms with van der Waals surface area (Å²) in [5, 5.41) is 2.68. The van der Waals surface area contributed by atoms with Gasteiger partial charge in [-0.25, -0.2) is 4.79 Å². The number of anilines is 1. The molecule has 0 aliphatic rings. The molecule has 0 bridgehead atoms. The first-order chi connectivity index (χ1) is 13.1. The van der Waals surface area contributed by atoms with Crippen molar-refractivity contribution in [2.45, 2.75) is 26.2 Å². The summed E-state index contributed by atoms with van der Waals surface area (Å²) in [6, 6.07) is 16.1. The van der Waals surface area contributed by atoms with Gasteiger partial charge in [-0.2, -0.15) is 0 Å². The highest BCUT2D eigenvalue weighted by Gasteiger charge is 2.10. The molecule has 0 spiro atoms. The predicted molar refractivity (Wildman–Crippen MR) is 101 cm³/mol. The number of esters is 2. The zero-order valence-electron chi connectivity index (χ0n) is 15.3. The molecule has 0 heterocycles. The normalized spacial score (nSPS) is 10.1. The second-order valence-corrected chi connectivity index (χ2v) is 5.80. The Bertz CT molecular complexity index is 756. The molecule has 2 aromatic rings. The lowest BCUT2D eigenvalue weighted by molar-refractivity contribution is -0.144. The van der Waals surface area contributed by atoms with E-state index in [1.54, 1.807) is 31.2 Å². The largest absolute Gasteiger partial charge is 0.465 e. The minimum atomic E-state index is -0.409. The van der Waals surface area contributed by atoms with Crippen LogP contribution >= 0.6 is 0 Å². The van der Waals surface area contributed by atoms with E-state index in [0.717, 1.165) is 5.56 Å². The van der Waals surface area contributed by atoms with Crippen LogP contribution in [-0.2, 0) is 25.5 Å². The summed E-state index contributed by atoms with van der Waals surface area (Å²) in [5.41, 5.74) is 2.05. The van der Waals surface area contributed by atoms with Gasteiger partial charge in [-0.3, -0.25) is 9.59 Å². The second kappa shape index (κ2) is 10.8. The Labute approximate surface area is 158 Å². The second-order valence-electron chi connectivity index (χ2n) is 5.80. The van der Waals surface area contributed by atoms with Gasteiger partial charge in [0.25, 0.3) is 0 Å². The molecule has 0 fully saturated rings. The van der Waals surface area contributed by atoms with Gasteiger partial charge in [-0.1, -0.05) is 30.3 Å². The predicted octanol–water partition coefficient (Wildman–Crippen LogP) is 3.37. The van der Waals surface area contributed by atoms with E-state index in [9.17, 15) is 14.4 Å². The lowest BCUT2D eigenvalue weighted by atomic mass is 10.2. The number of ether oxygens (including phenoxy) is 2. The fraction of sp³-hybridized carbons (Fsp3) is 0.286. The van der Waals surface area contributed by atoms with Crippen molar-refractivity contribution in [3.05, 3.63) is 65.7 Å². The van der Waals surface area contributed by atoms with E-state index in [4.69, 9.17) is 9.47 Å². The molecule has 2 rings (SSSR count). The Morgan fingerprint density at radius 1 is 0.889 bits per heavy atom. The summed E-state index contributed by atoms with van der Waals surface area (Å²) < 4.78 is 10.0. The molecule has 0 aromatic heterocycles. The highest BCUT2D eigenvalue weighted by molar-refractivity contribution is 5.94. The van der Waals surface area contributed by atoms with E-state index in [-0.39, 0.29) is 18.7 Å². The number of carbonyl (C=O) groups is 3. The minimum absolute atomic E-state index is 0.0154. The van der Waals surface area contributed by atoms with E-state index in [2.05, 4.69) is 5.32 Å². The van der Waals surface area contributed by atoms with Crippen LogP contribution in [0.15, 0.2) is 54.6 Å². The van der Waals surface area contributed by atoms with Crippen LogP contribution in [0.2, 0.25) is 0 Å². The third kappa shape index (κ3) is 7.32. The topological polar surface area (TPSA) is 81.7 Å². The number of hydrogen-bond donors (Lipinski definition) is 1. The van der Waals surface area contributed by atoms with Gasteiger partial charge in [0, 0.05) is 18.5 Å². The molecule has 2 aromatic carbocycles. The van der Waals surface area contributed by atoms with Crippen molar-refractivity contribution >= 4 is 23.5 Å². The Morgan fingerprint density at radius 3 is 2.26 bits per heavy atom. The Kier molecular flexibility index (Phi) is 8.03. The smallest absolute Gasteiger partial charge is 0.338 e. The minimum Gasteiger partial charge on any atom is -0.465 e. The average Bonchev–Trinajstić information content (AvgIpc) is 2.68. The third-order valence-electron chi connectivity index (χ3n) is 3.73. The van der Waals surface area contributed by atoms with Crippen LogP contribution in [0.25, 0.3) is 0 Å². The molecule has 0 saturated carbocycles. The maximum Gasteiger partial charge on any atom is 0.338 e. The molecule has 27 heavy (non-hydrogen) atoms. The molecule has 0 aliphatic carbocycles. The van der Waals surface area contributed by atoms with Gasteiger partial charge in [0.05, 0.1) is 25.2 Å². The number of carbonyl (C=O) groups excluding carboxylic acids is 3. The summed E-state index contributed by atoms with van der Waals surface area (Å²) >= 11 is 0. The molecule has 1 N–H and O–H groups in total. The summed E-state index contributed by atoms with van der Waals surface area (Å²) in [7, 11) is 0. The summed E-state index contributed by atoms with van der Waals surface area (Å²) in [4.78, 5) is 35.2. The van der Waals surface area contributed by atoms with Crippen LogP contribution in [0.3, 0.4) is 0 Å². The van der Waals surface area contributed by atoms with Crippen LogP contribution < -0.4 is 5.32 Å². The first-order valence-electron chi connectivity index (χ1n) is 8.85. The van der Waals surface area contributed by atoms with Crippen LogP contribution in [0.1, 0.15) is 35.7 Å². The Morgan fingerprint density at radius 2 is 1.59 bits per heavy atom. The zero-order valence-corrected chi connectivity index (χ0v) is 15.3. The molecular formula is C21H23NO5. The van der Waals surface area contributed by atoms with Gasteiger partial charge < -0.3 is 14.8 Å². The molecule has 6 nitrogen and oxygen atoms in total.